The summed E-state index contributed by atoms with van der Waals surface area (Å²) < 4.78 is 3.24. The molecule has 1 aromatic carbocycles. The number of rotatable bonds is 4. The minimum absolute atomic E-state index is 0.592. The summed E-state index contributed by atoms with van der Waals surface area (Å²) in [6.45, 7) is 2.07. The molecule has 6 rings (SSSR count). The number of nitrogen functional groups attached to an aromatic ring is 1. The average Bonchev–Trinajstić information content (AvgIpc) is 3.70. The van der Waals surface area contributed by atoms with Gasteiger partial charge in [0.1, 0.15) is 22.9 Å². The first-order valence-corrected chi connectivity index (χ1v) is 12.8. The molecule has 4 heterocycles. The Bertz CT molecular complexity index is 1350. The maximum absolute atomic E-state index is 10.9. The van der Waals surface area contributed by atoms with Crippen LogP contribution in [-0.4, -0.2) is 56.4 Å². The van der Waals surface area contributed by atoms with Crippen LogP contribution in [0.15, 0.2) is 65.4 Å². The molecule has 2 aromatic heterocycles. The van der Waals surface area contributed by atoms with E-state index in [1.165, 1.54) is 19.3 Å². The zero-order valence-corrected chi connectivity index (χ0v) is 20.3. The number of likely N-dealkylation sites (tertiary alicyclic amines) is 1. The first kappa shape index (κ1) is 22.9. The molecule has 2 radical (unpaired) electrons. The summed E-state index contributed by atoms with van der Waals surface area (Å²) in [6, 6.07) is 11.7. The van der Waals surface area contributed by atoms with Gasteiger partial charge in [0, 0.05) is 30.0 Å². The lowest BCUT2D eigenvalue weighted by atomic mass is 9.99. The van der Waals surface area contributed by atoms with Gasteiger partial charge >= 0.3 is 0 Å². The van der Waals surface area contributed by atoms with Crippen molar-refractivity contribution in [2.45, 2.75) is 50.5 Å². The Morgan fingerprint density at radius 1 is 0.944 bits per heavy atom. The molecule has 36 heavy (non-hydrogen) atoms. The van der Waals surface area contributed by atoms with Crippen molar-refractivity contribution in [2.75, 3.05) is 18.8 Å². The number of piperidine rings is 1. The number of benzene rings is 1. The number of nitrogens with zero attached hydrogens (tertiary/aromatic N) is 6. The van der Waals surface area contributed by atoms with Crippen LogP contribution < -0.4 is 5.73 Å². The topological polar surface area (TPSA) is 97.5 Å². The second kappa shape index (κ2) is 9.13. The van der Waals surface area contributed by atoms with Gasteiger partial charge in [-0.3, -0.25) is 0 Å². The highest BCUT2D eigenvalue weighted by atomic mass is 16.3. The maximum atomic E-state index is 10.9. The minimum atomic E-state index is -0.904. The van der Waals surface area contributed by atoms with Crippen molar-refractivity contribution in [2.24, 2.45) is 4.99 Å². The Morgan fingerprint density at radius 3 is 2.44 bits per heavy atom. The lowest BCUT2D eigenvalue weighted by Gasteiger charge is -2.27. The predicted octanol–water partition coefficient (Wildman–Crippen LogP) is 3.56. The van der Waals surface area contributed by atoms with E-state index in [-0.39, 0.29) is 0 Å². The van der Waals surface area contributed by atoms with Crippen molar-refractivity contribution < 1.29 is 5.11 Å². The monoisotopic (exact) mass is 479 g/mol. The Balaban J connectivity index is 1.41. The summed E-state index contributed by atoms with van der Waals surface area (Å²) in [7, 11) is 6.67. The van der Waals surface area contributed by atoms with Gasteiger partial charge in [-0.15, -0.1) is 5.10 Å². The van der Waals surface area contributed by atoms with Crippen molar-refractivity contribution in [3.8, 4) is 5.82 Å². The molecule has 0 amide bonds. The highest BCUT2D eigenvalue weighted by Crippen LogP contribution is 2.38. The number of hydrogen-bond donors (Lipinski definition) is 2. The molecule has 1 aliphatic carbocycles. The zero-order valence-electron chi connectivity index (χ0n) is 20.3. The van der Waals surface area contributed by atoms with Gasteiger partial charge in [0.05, 0.1) is 11.9 Å². The Morgan fingerprint density at radius 2 is 1.69 bits per heavy atom. The van der Waals surface area contributed by atoms with Gasteiger partial charge in [0.25, 0.3) is 0 Å². The van der Waals surface area contributed by atoms with Crippen LogP contribution in [0.3, 0.4) is 0 Å². The molecule has 0 atom stereocenters. The average molecular weight is 479 g/mol. The van der Waals surface area contributed by atoms with Crippen LogP contribution in [0, 0.1) is 0 Å². The summed E-state index contributed by atoms with van der Waals surface area (Å²) in [4.78, 5) is 7.37. The molecule has 1 saturated carbocycles. The zero-order chi connectivity index (χ0) is 24.7. The first-order chi connectivity index (χ1) is 17.5. The van der Waals surface area contributed by atoms with E-state index in [1.54, 1.807) is 15.4 Å². The van der Waals surface area contributed by atoms with Crippen LogP contribution >= 0.6 is 0 Å². The summed E-state index contributed by atoms with van der Waals surface area (Å²) in [6.07, 6.45) is 13.0. The second-order valence-corrected chi connectivity index (χ2v) is 9.97. The fraction of sp³-hybridized carbons (Fsp3) is 0.370. The Labute approximate surface area is 212 Å². The summed E-state index contributed by atoms with van der Waals surface area (Å²) >= 11 is 0. The van der Waals surface area contributed by atoms with E-state index >= 15 is 0 Å². The number of hydrogen-bond acceptors (Lipinski definition) is 6. The Hall–Kier alpha value is -3.59. The third-order valence-corrected chi connectivity index (χ3v) is 7.55. The lowest BCUT2D eigenvalue weighted by Crippen LogP contribution is -2.33. The van der Waals surface area contributed by atoms with E-state index < -0.39 is 5.60 Å². The molecule has 2 fully saturated rings. The third-order valence-electron chi connectivity index (χ3n) is 7.55. The molecular weight excluding hydrogens is 449 g/mol. The van der Waals surface area contributed by atoms with Crippen molar-refractivity contribution in [1.29, 1.82) is 0 Å². The summed E-state index contributed by atoms with van der Waals surface area (Å²) in [5.41, 5.74) is 9.92. The molecule has 9 heteroatoms. The molecule has 3 aliphatic rings. The van der Waals surface area contributed by atoms with Gasteiger partial charge in [0.15, 0.2) is 0 Å². The number of aliphatic hydroxyl groups is 1. The van der Waals surface area contributed by atoms with E-state index in [4.69, 9.17) is 18.7 Å². The molecule has 3 N–H and O–H groups in total. The van der Waals surface area contributed by atoms with E-state index in [2.05, 4.69) is 27.4 Å². The largest absolute Gasteiger partial charge is 0.399 e. The van der Waals surface area contributed by atoms with Gasteiger partial charge in [-0.1, -0.05) is 30.2 Å². The lowest BCUT2D eigenvalue weighted by molar-refractivity contribution is 0.0398. The van der Waals surface area contributed by atoms with Crippen LogP contribution in [0.25, 0.3) is 11.4 Å². The van der Waals surface area contributed by atoms with Crippen molar-refractivity contribution >= 4 is 25.1 Å². The molecular formula is C27H30BN7O. The van der Waals surface area contributed by atoms with Gasteiger partial charge in [-0.05, 0) is 74.1 Å². The van der Waals surface area contributed by atoms with Crippen LogP contribution in [0.2, 0.25) is 0 Å². The van der Waals surface area contributed by atoms with E-state index in [1.807, 2.05) is 36.4 Å². The Kier molecular flexibility index (Phi) is 5.80. The van der Waals surface area contributed by atoms with Gasteiger partial charge in [0.2, 0.25) is 7.98 Å². The van der Waals surface area contributed by atoms with Crippen LogP contribution in [0.1, 0.15) is 61.9 Å². The van der Waals surface area contributed by atoms with E-state index in [0.29, 0.717) is 30.0 Å². The molecule has 0 unspecified atom stereocenters. The number of aliphatic imine (C=N–C) groups is 1. The molecule has 3 aromatic rings. The number of amidine groups is 1. The predicted molar refractivity (Wildman–Crippen MR) is 142 cm³/mol. The summed E-state index contributed by atoms with van der Waals surface area (Å²) in [5.74, 6) is 1.65. The fourth-order valence-electron chi connectivity index (χ4n) is 5.50. The fourth-order valence-corrected chi connectivity index (χ4v) is 5.50. The second-order valence-electron chi connectivity index (χ2n) is 9.97. The number of allylic oxidation sites excluding steroid dienone is 1. The first-order valence-electron chi connectivity index (χ1n) is 12.8. The van der Waals surface area contributed by atoms with Crippen molar-refractivity contribution in [3.05, 3.63) is 77.4 Å². The van der Waals surface area contributed by atoms with Gasteiger partial charge in [-0.25, -0.2) is 9.67 Å². The highest BCUT2D eigenvalue weighted by molar-refractivity contribution is 6.10. The molecule has 2 aliphatic heterocycles. The quantitative estimate of drug-likeness (QED) is 0.441. The number of anilines is 1. The molecule has 1 saturated heterocycles. The van der Waals surface area contributed by atoms with E-state index in [9.17, 15) is 5.11 Å². The van der Waals surface area contributed by atoms with Crippen molar-refractivity contribution in [1.82, 2.24) is 24.4 Å². The molecule has 182 valence electrons. The summed E-state index contributed by atoms with van der Waals surface area (Å²) in [5, 5.41) is 19.5. The van der Waals surface area contributed by atoms with Crippen molar-refractivity contribution in [3.63, 3.8) is 0 Å². The third kappa shape index (κ3) is 4.07. The highest BCUT2D eigenvalue weighted by Gasteiger charge is 2.36. The maximum Gasteiger partial charge on any atom is 0.236 e. The van der Waals surface area contributed by atoms with Crippen LogP contribution in [0.4, 0.5) is 5.69 Å². The van der Waals surface area contributed by atoms with Crippen LogP contribution in [0.5, 0.6) is 0 Å². The number of nitrogens with two attached hydrogens (primary N) is 1. The molecule has 0 bridgehead atoms. The van der Waals surface area contributed by atoms with Gasteiger partial charge < -0.3 is 20.2 Å². The standard InChI is InChI=1S/C27H30BN7O/c28-35-22(11-13-25(35)34-18-23(31-32-34)27(36)14-2-3-15-27)26(19-6-8-20(29)9-7-19)21-10-12-24(30-21)33-16-4-1-5-17-33/h6-13,18,36H,1-5,14-17,29H2/b26-21-. The molecule has 8 nitrogen and oxygen atoms in total. The van der Waals surface area contributed by atoms with Crippen LogP contribution in [-0.2, 0) is 5.60 Å². The smallest absolute Gasteiger partial charge is 0.236 e. The van der Waals surface area contributed by atoms with E-state index in [0.717, 1.165) is 54.3 Å². The van der Waals surface area contributed by atoms with Gasteiger partial charge in [-0.2, -0.15) is 0 Å². The minimum Gasteiger partial charge on any atom is -0.399 e. The normalized spacial score (nSPS) is 20.7. The molecule has 0 spiro atoms. The number of aromatic nitrogens is 4. The SMILES string of the molecule is [B]n1c(/C(=C2/C=CC(N3CCCCC3)=N2)c2ccc(N)cc2)ccc1-n1cc(C2(O)CCCC2)nn1.